The highest BCUT2D eigenvalue weighted by Crippen LogP contribution is 2.23. The lowest BCUT2D eigenvalue weighted by atomic mass is 10.1. The molecule has 4 rings (SSSR count). The molecule has 1 saturated heterocycles. The van der Waals surface area contributed by atoms with Crippen LogP contribution in [0.3, 0.4) is 0 Å². The van der Waals surface area contributed by atoms with Crippen LogP contribution in [-0.2, 0) is 4.74 Å². The van der Waals surface area contributed by atoms with Crippen molar-refractivity contribution in [1.82, 2.24) is 19.6 Å². The van der Waals surface area contributed by atoms with Gasteiger partial charge in [-0.25, -0.2) is 13.9 Å². The predicted octanol–water partition coefficient (Wildman–Crippen LogP) is 3.59. The SMILES string of the molecule is CCOC(=O)N1CCN(C(=O)c2cc(-c3ccccc3)nn2-c2ccc(F)cc2)CC1. The van der Waals surface area contributed by atoms with E-state index >= 15 is 0 Å². The van der Waals surface area contributed by atoms with Crippen LogP contribution in [0.5, 0.6) is 0 Å². The Morgan fingerprint density at radius 2 is 1.61 bits per heavy atom. The van der Waals surface area contributed by atoms with Crippen LogP contribution >= 0.6 is 0 Å². The van der Waals surface area contributed by atoms with Crippen molar-refractivity contribution in [2.75, 3.05) is 32.8 Å². The Hall–Kier alpha value is -3.68. The molecule has 8 heteroatoms. The first-order chi connectivity index (χ1) is 15.1. The third-order valence-corrected chi connectivity index (χ3v) is 5.16. The first kappa shape index (κ1) is 20.6. The molecule has 0 atom stereocenters. The quantitative estimate of drug-likeness (QED) is 0.644. The lowest BCUT2D eigenvalue weighted by Gasteiger charge is -2.34. The Morgan fingerprint density at radius 3 is 2.26 bits per heavy atom. The Morgan fingerprint density at radius 1 is 0.968 bits per heavy atom. The number of halogens is 1. The van der Waals surface area contributed by atoms with Gasteiger partial charge >= 0.3 is 6.09 Å². The fourth-order valence-corrected chi connectivity index (χ4v) is 3.53. The monoisotopic (exact) mass is 422 g/mol. The largest absolute Gasteiger partial charge is 0.450 e. The fourth-order valence-electron chi connectivity index (χ4n) is 3.53. The van der Waals surface area contributed by atoms with E-state index in [1.54, 1.807) is 39.6 Å². The molecule has 0 aliphatic carbocycles. The van der Waals surface area contributed by atoms with E-state index in [2.05, 4.69) is 5.10 Å². The zero-order chi connectivity index (χ0) is 21.8. The molecule has 1 aliphatic heterocycles. The lowest BCUT2D eigenvalue weighted by Crippen LogP contribution is -2.51. The van der Waals surface area contributed by atoms with E-state index < -0.39 is 0 Å². The molecular weight excluding hydrogens is 399 g/mol. The van der Waals surface area contributed by atoms with Gasteiger partial charge in [-0.2, -0.15) is 5.10 Å². The number of hydrogen-bond donors (Lipinski definition) is 0. The van der Waals surface area contributed by atoms with Crippen molar-refractivity contribution in [3.63, 3.8) is 0 Å². The second-order valence-corrected chi connectivity index (χ2v) is 7.15. The normalized spacial score (nSPS) is 13.9. The molecule has 1 fully saturated rings. The number of carbonyl (C=O) groups is 2. The minimum atomic E-state index is -0.364. The van der Waals surface area contributed by atoms with Gasteiger partial charge < -0.3 is 14.5 Å². The van der Waals surface area contributed by atoms with Gasteiger partial charge in [-0.3, -0.25) is 4.79 Å². The topological polar surface area (TPSA) is 67.7 Å². The maximum atomic E-state index is 13.4. The summed E-state index contributed by atoms with van der Waals surface area (Å²) in [6.45, 7) is 3.68. The van der Waals surface area contributed by atoms with E-state index in [1.165, 1.54) is 12.1 Å². The van der Waals surface area contributed by atoms with Crippen molar-refractivity contribution in [3.8, 4) is 16.9 Å². The van der Waals surface area contributed by atoms with Crippen LogP contribution in [0.25, 0.3) is 16.9 Å². The number of benzene rings is 2. The minimum Gasteiger partial charge on any atom is -0.450 e. The number of amides is 2. The van der Waals surface area contributed by atoms with Crippen LogP contribution in [0, 0.1) is 5.82 Å². The van der Waals surface area contributed by atoms with Crippen molar-refractivity contribution in [2.24, 2.45) is 0 Å². The second-order valence-electron chi connectivity index (χ2n) is 7.15. The zero-order valence-electron chi connectivity index (χ0n) is 17.2. The summed E-state index contributed by atoms with van der Waals surface area (Å²) < 4.78 is 20.0. The second kappa shape index (κ2) is 8.99. The van der Waals surface area contributed by atoms with Gasteiger partial charge in [-0.1, -0.05) is 30.3 Å². The Labute approximate surface area is 179 Å². The van der Waals surface area contributed by atoms with E-state index in [-0.39, 0.29) is 17.8 Å². The van der Waals surface area contributed by atoms with Crippen LogP contribution in [-0.4, -0.2) is 64.4 Å². The number of piperazine rings is 1. The molecule has 0 N–H and O–H groups in total. The average Bonchev–Trinajstić information content (AvgIpc) is 3.25. The van der Waals surface area contributed by atoms with Gasteiger partial charge in [0.25, 0.3) is 5.91 Å². The van der Waals surface area contributed by atoms with Crippen LogP contribution in [0.4, 0.5) is 9.18 Å². The van der Waals surface area contributed by atoms with E-state index in [0.29, 0.717) is 49.9 Å². The molecule has 0 spiro atoms. The molecule has 2 amide bonds. The van der Waals surface area contributed by atoms with E-state index in [9.17, 15) is 14.0 Å². The first-order valence-corrected chi connectivity index (χ1v) is 10.2. The molecule has 2 heterocycles. The van der Waals surface area contributed by atoms with Crippen molar-refractivity contribution in [2.45, 2.75) is 6.92 Å². The molecule has 1 aliphatic rings. The molecule has 1 aromatic heterocycles. The van der Waals surface area contributed by atoms with Crippen molar-refractivity contribution < 1.29 is 18.7 Å². The maximum Gasteiger partial charge on any atom is 0.409 e. The van der Waals surface area contributed by atoms with Gasteiger partial charge in [0, 0.05) is 31.7 Å². The summed E-state index contributed by atoms with van der Waals surface area (Å²) in [5.41, 5.74) is 2.51. The van der Waals surface area contributed by atoms with Crippen LogP contribution in [0.1, 0.15) is 17.4 Å². The number of hydrogen-bond acceptors (Lipinski definition) is 4. The molecule has 0 bridgehead atoms. The number of carbonyl (C=O) groups excluding carboxylic acids is 2. The first-order valence-electron chi connectivity index (χ1n) is 10.2. The summed E-state index contributed by atoms with van der Waals surface area (Å²) in [6.07, 6.45) is -0.364. The molecule has 2 aromatic carbocycles. The Kier molecular flexibility index (Phi) is 5.97. The van der Waals surface area contributed by atoms with Crippen LogP contribution < -0.4 is 0 Å². The van der Waals surface area contributed by atoms with E-state index in [1.807, 2.05) is 30.3 Å². The fraction of sp³-hybridized carbons (Fsp3) is 0.261. The van der Waals surface area contributed by atoms with E-state index in [0.717, 1.165) is 5.56 Å². The van der Waals surface area contributed by atoms with Crippen molar-refractivity contribution >= 4 is 12.0 Å². The lowest BCUT2D eigenvalue weighted by molar-refractivity contribution is 0.0563. The van der Waals surface area contributed by atoms with Gasteiger partial charge in [0.2, 0.25) is 0 Å². The van der Waals surface area contributed by atoms with Gasteiger partial charge in [0.05, 0.1) is 18.0 Å². The zero-order valence-corrected chi connectivity index (χ0v) is 17.2. The number of ether oxygens (including phenoxy) is 1. The average molecular weight is 422 g/mol. The van der Waals surface area contributed by atoms with Gasteiger partial charge in [-0.05, 0) is 37.3 Å². The van der Waals surface area contributed by atoms with Crippen molar-refractivity contribution in [1.29, 1.82) is 0 Å². The highest BCUT2D eigenvalue weighted by atomic mass is 19.1. The van der Waals surface area contributed by atoms with Gasteiger partial charge in [0.1, 0.15) is 11.5 Å². The van der Waals surface area contributed by atoms with Crippen LogP contribution in [0.2, 0.25) is 0 Å². The minimum absolute atomic E-state index is 0.192. The molecule has 160 valence electrons. The Bertz CT molecular complexity index is 1060. The summed E-state index contributed by atoms with van der Waals surface area (Å²) in [5, 5.41) is 4.63. The Balaban J connectivity index is 1.62. The van der Waals surface area contributed by atoms with Gasteiger partial charge in [0.15, 0.2) is 0 Å². The molecule has 0 unspecified atom stereocenters. The molecular formula is C23H23FN4O3. The molecule has 31 heavy (non-hydrogen) atoms. The highest BCUT2D eigenvalue weighted by Gasteiger charge is 2.28. The van der Waals surface area contributed by atoms with Gasteiger partial charge in [-0.15, -0.1) is 0 Å². The summed E-state index contributed by atoms with van der Waals surface area (Å²) in [7, 11) is 0. The summed E-state index contributed by atoms with van der Waals surface area (Å²) in [6, 6.07) is 17.2. The predicted molar refractivity (Wildman–Crippen MR) is 113 cm³/mol. The smallest absolute Gasteiger partial charge is 0.409 e. The van der Waals surface area contributed by atoms with Crippen molar-refractivity contribution in [3.05, 3.63) is 72.2 Å². The van der Waals surface area contributed by atoms with E-state index in [4.69, 9.17) is 4.74 Å². The molecule has 7 nitrogen and oxygen atoms in total. The summed E-state index contributed by atoms with van der Waals surface area (Å²) in [5.74, 6) is -0.551. The summed E-state index contributed by atoms with van der Waals surface area (Å²) in [4.78, 5) is 28.6. The third kappa shape index (κ3) is 4.42. The number of aromatic nitrogens is 2. The molecule has 0 radical (unpaired) electrons. The maximum absolute atomic E-state index is 13.4. The summed E-state index contributed by atoms with van der Waals surface area (Å²) >= 11 is 0. The molecule has 0 saturated carbocycles. The standard InChI is InChI=1S/C23H23FN4O3/c1-2-31-23(30)27-14-12-26(13-15-27)22(29)21-16-20(17-6-4-3-5-7-17)25-28(21)19-10-8-18(24)9-11-19/h3-11,16H,2,12-15H2,1H3. The highest BCUT2D eigenvalue weighted by molar-refractivity contribution is 5.94. The molecule has 3 aromatic rings. The number of rotatable bonds is 4. The van der Waals surface area contributed by atoms with Crippen LogP contribution in [0.15, 0.2) is 60.7 Å². The number of nitrogens with zero attached hydrogens (tertiary/aromatic N) is 4. The third-order valence-electron chi connectivity index (χ3n) is 5.16.